The number of para-hydroxylation sites is 1. The summed E-state index contributed by atoms with van der Waals surface area (Å²) in [5.74, 6) is -0.147. The molecule has 1 aromatic carbocycles. The van der Waals surface area contributed by atoms with Crippen LogP contribution in [0.25, 0.3) is 5.69 Å². The van der Waals surface area contributed by atoms with Gasteiger partial charge >= 0.3 is 0 Å². The Labute approximate surface area is 98.1 Å². The number of hydrogen-bond acceptors (Lipinski definition) is 2. The van der Waals surface area contributed by atoms with Gasteiger partial charge in [0.15, 0.2) is 5.75 Å². The molecular weight excluding hydrogens is 202 g/mol. The number of methoxy groups -OCH3 is 1. The van der Waals surface area contributed by atoms with Crippen LogP contribution in [0.15, 0.2) is 47.4 Å². The van der Waals surface area contributed by atoms with Crippen LogP contribution >= 0.6 is 0 Å². The predicted molar refractivity (Wildman–Crippen MR) is 63.3 cm³/mol. The van der Waals surface area contributed by atoms with Crippen molar-refractivity contribution in [2.45, 2.75) is 6.92 Å². The molecule has 3 heteroatoms. The van der Waals surface area contributed by atoms with Crippen molar-refractivity contribution in [3.8, 4) is 11.4 Å². The number of hydrogen-bond donors (Lipinski definition) is 0. The van der Waals surface area contributed by atoms with E-state index in [0.717, 1.165) is 5.69 Å². The van der Waals surface area contributed by atoms with Gasteiger partial charge in [0.05, 0.1) is 16.8 Å². The van der Waals surface area contributed by atoms with Gasteiger partial charge in [0.1, 0.15) is 0 Å². The lowest BCUT2D eigenvalue weighted by Gasteiger charge is -2.12. The highest BCUT2D eigenvalue weighted by Gasteiger charge is 2.07. The van der Waals surface area contributed by atoms with Gasteiger partial charge in [-0.25, -0.2) is 0 Å². The van der Waals surface area contributed by atoms with Gasteiger partial charge in [-0.15, -0.1) is 0 Å². The molecule has 0 radical (unpaired) electrons. The van der Waals surface area contributed by atoms with Crippen molar-refractivity contribution in [1.82, 2.24) is 4.57 Å². The number of aromatic nitrogens is 1. The van der Waals surface area contributed by atoms with Crippen LogP contribution < -0.4 is 10.2 Å². The summed E-state index contributed by atoms with van der Waals surface area (Å²) in [6, 6.07) is 10.6. The second-order valence-electron chi connectivity index (χ2n) is 3.40. The second kappa shape index (κ2) is 4.23. The van der Waals surface area contributed by atoms with Crippen LogP contribution in [0.1, 0.15) is 9.81 Å². The summed E-state index contributed by atoms with van der Waals surface area (Å²) in [5.41, 5.74) is 0.839. The van der Waals surface area contributed by atoms with Crippen molar-refractivity contribution in [2.75, 3.05) is 7.04 Å². The smallest absolute Gasteiger partial charge is 0.223 e. The Hall–Kier alpha value is -2.03. The Balaban J connectivity index is 2.55. The summed E-state index contributed by atoms with van der Waals surface area (Å²) >= 11 is 0. The Kier molecular flexibility index (Phi) is 1.92. The summed E-state index contributed by atoms with van der Waals surface area (Å²) in [5, 5.41) is 0. The summed E-state index contributed by atoms with van der Waals surface area (Å²) in [7, 11) is -2.64. The molecule has 0 saturated heterocycles. The van der Waals surface area contributed by atoms with E-state index < -0.39 is 12.5 Å². The van der Waals surface area contributed by atoms with Gasteiger partial charge in [-0.2, -0.15) is 0 Å². The van der Waals surface area contributed by atoms with Crippen LogP contribution in [-0.4, -0.2) is 11.6 Å². The lowest BCUT2D eigenvalue weighted by molar-refractivity contribution is 0.403. The molecule has 0 amide bonds. The third-order valence-electron chi connectivity index (χ3n) is 2.43. The summed E-state index contributed by atoms with van der Waals surface area (Å²) in [4.78, 5) is 11.7. The van der Waals surface area contributed by atoms with Gasteiger partial charge in [-0.3, -0.25) is 4.79 Å². The van der Waals surface area contributed by atoms with Crippen molar-refractivity contribution in [3.63, 3.8) is 0 Å². The zero-order valence-electron chi connectivity index (χ0n) is 11.8. The van der Waals surface area contributed by atoms with Gasteiger partial charge in [-0.05, 0) is 19.1 Å². The summed E-state index contributed by atoms with van der Waals surface area (Å²) < 4.78 is 27.8. The van der Waals surface area contributed by atoms with Gasteiger partial charge in [0.2, 0.25) is 5.43 Å². The van der Waals surface area contributed by atoms with Crippen molar-refractivity contribution in [2.24, 2.45) is 0 Å². The zero-order chi connectivity index (χ0) is 14.0. The molecule has 0 aliphatic rings. The molecule has 16 heavy (non-hydrogen) atoms. The molecule has 0 aliphatic carbocycles. The van der Waals surface area contributed by atoms with Crippen molar-refractivity contribution < 1.29 is 8.85 Å². The molecule has 0 spiro atoms. The molecule has 0 N–H and O–H groups in total. The molecule has 0 atom stereocenters. The van der Waals surface area contributed by atoms with Crippen molar-refractivity contribution in [3.05, 3.63) is 58.5 Å². The largest absolute Gasteiger partial charge is 0.491 e. The van der Waals surface area contributed by atoms with E-state index in [0.29, 0.717) is 5.69 Å². The van der Waals surface area contributed by atoms with E-state index in [2.05, 4.69) is 0 Å². The van der Waals surface area contributed by atoms with Crippen LogP contribution in [0.2, 0.25) is 0 Å². The first-order valence-electron chi connectivity index (χ1n) is 6.35. The molecule has 1 heterocycles. The quantitative estimate of drug-likeness (QED) is 0.773. The maximum Gasteiger partial charge on any atom is 0.223 e. The number of ether oxygens (including phenoxy) is 1. The topological polar surface area (TPSA) is 31.2 Å². The van der Waals surface area contributed by atoms with Gasteiger partial charge in [0, 0.05) is 18.0 Å². The number of nitrogens with zero attached hydrogens (tertiary/aromatic N) is 1. The van der Waals surface area contributed by atoms with E-state index in [-0.39, 0.29) is 5.75 Å². The minimum atomic E-state index is -2.64. The Morgan fingerprint density at radius 2 is 2.00 bits per heavy atom. The summed E-state index contributed by atoms with van der Waals surface area (Å²) in [6.07, 6.45) is 1.60. The molecule has 3 nitrogen and oxygen atoms in total. The van der Waals surface area contributed by atoms with Crippen LogP contribution in [0.3, 0.4) is 0 Å². The molecule has 0 saturated carbocycles. The summed E-state index contributed by atoms with van der Waals surface area (Å²) in [6.45, 7) is 1.65. The Bertz CT molecular complexity index is 633. The third-order valence-corrected chi connectivity index (χ3v) is 2.43. The fourth-order valence-corrected chi connectivity index (χ4v) is 1.61. The average Bonchev–Trinajstić information content (AvgIpc) is 2.34. The first-order valence-corrected chi connectivity index (χ1v) is 4.85. The average molecular weight is 218 g/mol. The third kappa shape index (κ3) is 1.72. The van der Waals surface area contributed by atoms with Crippen LogP contribution in [0.4, 0.5) is 0 Å². The maximum atomic E-state index is 11.7. The van der Waals surface area contributed by atoms with Crippen molar-refractivity contribution in [1.29, 1.82) is 0 Å². The number of benzene rings is 1. The van der Waals surface area contributed by atoms with Crippen molar-refractivity contribution >= 4 is 0 Å². The van der Waals surface area contributed by atoms with Gasteiger partial charge < -0.3 is 9.30 Å². The van der Waals surface area contributed by atoms with Gasteiger partial charge in [0.25, 0.3) is 0 Å². The predicted octanol–water partition coefficient (Wildman–Crippen LogP) is 2.15. The second-order valence-corrected chi connectivity index (χ2v) is 3.40. The molecule has 0 unspecified atom stereocenters. The first-order chi connectivity index (χ1) is 8.88. The molecular formula is C13H13NO2. The zero-order valence-corrected chi connectivity index (χ0v) is 8.81. The number of pyridine rings is 1. The van der Waals surface area contributed by atoms with E-state index in [1.54, 1.807) is 17.7 Å². The highest BCUT2D eigenvalue weighted by Crippen LogP contribution is 2.16. The van der Waals surface area contributed by atoms with E-state index in [4.69, 9.17) is 8.85 Å². The highest BCUT2D eigenvalue weighted by molar-refractivity contribution is 5.38. The fraction of sp³-hybridized carbons (Fsp3) is 0.154. The minimum Gasteiger partial charge on any atom is -0.491 e. The SMILES string of the molecule is [2H]C([2H])([2H])Oc1c(C)n(-c2ccccc2)ccc1=O. The number of rotatable bonds is 2. The molecule has 0 bridgehead atoms. The minimum absolute atomic E-state index is 0.147. The first kappa shape index (κ1) is 7.28. The standard InChI is InChI=1S/C13H13NO2/c1-10-13(16-2)12(15)8-9-14(10)11-6-4-3-5-7-11/h3-9H,1-2H3/i2D3. The monoisotopic (exact) mass is 218 g/mol. The maximum absolute atomic E-state index is 11.7. The highest BCUT2D eigenvalue weighted by atomic mass is 16.5. The van der Waals surface area contributed by atoms with E-state index in [9.17, 15) is 4.79 Å². The Morgan fingerprint density at radius 1 is 1.25 bits per heavy atom. The lowest BCUT2D eigenvalue weighted by atomic mass is 10.2. The van der Waals surface area contributed by atoms with E-state index >= 15 is 0 Å². The molecule has 1 aromatic heterocycles. The molecule has 82 valence electrons. The lowest BCUT2D eigenvalue weighted by Crippen LogP contribution is -2.11. The fourth-order valence-electron chi connectivity index (χ4n) is 1.61. The normalized spacial score (nSPS) is 13.7. The van der Waals surface area contributed by atoms with Crippen LogP contribution in [0, 0.1) is 6.92 Å². The van der Waals surface area contributed by atoms with Gasteiger partial charge in [-0.1, -0.05) is 18.2 Å². The molecule has 0 aliphatic heterocycles. The molecule has 2 rings (SSSR count). The van der Waals surface area contributed by atoms with E-state index in [1.165, 1.54) is 6.07 Å². The molecule has 0 fully saturated rings. The van der Waals surface area contributed by atoms with Crippen LogP contribution in [0.5, 0.6) is 5.75 Å². The Morgan fingerprint density at radius 3 is 2.69 bits per heavy atom. The van der Waals surface area contributed by atoms with E-state index in [1.807, 2.05) is 30.3 Å². The molecule has 2 aromatic rings. The van der Waals surface area contributed by atoms with Crippen LogP contribution in [-0.2, 0) is 0 Å².